The Balaban J connectivity index is 1.98. The molecule has 0 bridgehead atoms. The summed E-state index contributed by atoms with van der Waals surface area (Å²) >= 11 is 5.54. The predicted molar refractivity (Wildman–Crippen MR) is 101 cm³/mol. The summed E-state index contributed by atoms with van der Waals surface area (Å²) in [7, 11) is 0. The molecular formula is C19H17ClF3N3O2. The van der Waals surface area contributed by atoms with Crippen LogP contribution in [0, 0.1) is 6.92 Å². The first-order valence-corrected chi connectivity index (χ1v) is 8.51. The number of carbonyl (C=O) groups is 2. The van der Waals surface area contributed by atoms with Crippen LogP contribution in [0.3, 0.4) is 0 Å². The molecule has 0 heterocycles. The molecule has 0 fully saturated rings. The Hall–Kier alpha value is -2.87. The number of carbonyl (C=O) groups excluding carboxylic acids is 2. The van der Waals surface area contributed by atoms with Gasteiger partial charge in [-0.25, -0.2) is 5.43 Å². The molecular weight excluding hydrogens is 395 g/mol. The Morgan fingerprint density at radius 3 is 2.46 bits per heavy atom. The predicted octanol–water partition coefficient (Wildman–Crippen LogP) is 4.80. The Bertz CT molecular complexity index is 927. The fourth-order valence-corrected chi connectivity index (χ4v) is 2.56. The van der Waals surface area contributed by atoms with Crippen molar-refractivity contribution in [2.24, 2.45) is 5.10 Å². The largest absolute Gasteiger partial charge is 0.417 e. The van der Waals surface area contributed by atoms with Gasteiger partial charge in [0.25, 0.3) is 5.91 Å². The lowest BCUT2D eigenvalue weighted by atomic mass is 10.1. The summed E-state index contributed by atoms with van der Waals surface area (Å²) in [6, 6.07) is 10.0. The molecule has 0 aliphatic carbocycles. The van der Waals surface area contributed by atoms with E-state index in [1.165, 1.54) is 13.0 Å². The monoisotopic (exact) mass is 411 g/mol. The maximum absolute atomic E-state index is 12.9. The summed E-state index contributed by atoms with van der Waals surface area (Å²) in [6.07, 6.45) is -4.84. The molecule has 0 aliphatic rings. The third-order valence-corrected chi connectivity index (χ3v) is 4.04. The molecule has 9 heteroatoms. The molecule has 0 aromatic heterocycles. The minimum Gasteiger partial charge on any atom is -0.326 e. The molecule has 0 saturated heterocycles. The number of nitrogens with one attached hydrogen (secondary N) is 2. The summed E-state index contributed by atoms with van der Waals surface area (Å²) in [6.45, 7) is 3.29. The van der Waals surface area contributed by atoms with Gasteiger partial charge in [-0.3, -0.25) is 9.59 Å². The molecule has 5 nitrogen and oxygen atoms in total. The second-order valence-corrected chi connectivity index (χ2v) is 6.43. The van der Waals surface area contributed by atoms with Crippen molar-refractivity contribution in [3.63, 3.8) is 0 Å². The number of hydrogen-bond acceptors (Lipinski definition) is 3. The zero-order chi connectivity index (χ0) is 20.9. The fraction of sp³-hybridized carbons (Fsp3) is 0.211. The van der Waals surface area contributed by atoms with Gasteiger partial charge in [0.05, 0.1) is 17.0 Å². The van der Waals surface area contributed by atoms with E-state index in [0.717, 1.165) is 17.7 Å². The second kappa shape index (κ2) is 8.88. The van der Waals surface area contributed by atoms with Gasteiger partial charge in [-0.1, -0.05) is 29.8 Å². The van der Waals surface area contributed by atoms with Crippen molar-refractivity contribution in [2.45, 2.75) is 26.4 Å². The van der Waals surface area contributed by atoms with Crippen molar-refractivity contribution in [2.75, 3.05) is 5.32 Å². The molecule has 2 rings (SSSR count). The summed E-state index contributed by atoms with van der Waals surface area (Å²) in [5, 5.41) is 5.74. The Morgan fingerprint density at radius 2 is 1.82 bits per heavy atom. The summed E-state index contributed by atoms with van der Waals surface area (Å²) in [5.41, 5.74) is 2.77. The Morgan fingerprint density at radius 1 is 1.14 bits per heavy atom. The fourth-order valence-electron chi connectivity index (χ4n) is 2.33. The van der Waals surface area contributed by atoms with Gasteiger partial charge >= 0.3 is 6.18 Å². The highest BCUT2D eigenvalue weighted by Crippen LogP contribution is 2.36. The van der Waals surface area contributed by atoms with Crippen LogP contribution in [-0.4, -0.2) is 17.5 Å². The third kappa shape index (κ3) is 5.82. The van der Waals surface area contributed by atoms with Crippen molar-refractivity contribution in [1.29, 1.82) is 0 Å². The number of benzene rings is 2. The maximum Gasteiger partial charge on any atom is 0.417 e. The highest BCUT2D eigenvalue weighted by molar-refractivity contribution is 6.31. The van der Waals surface area contributed by atoms with Crippen LogP contribution in [0.5, 0.6) is 0 Å². The van der Waals surface area contributed by atoms with Gasteiger partial charge in [0.15, 0.2) is 0 Å². The molecule has 0 atom stereocenters. The van der Waals surface area contributed by atoms with Crippen LogP contribution in [-0.2, 0) is 11.0 Å². The zero-order valence-electron chi connectivity index (χ0n) is 15.0. The summed E-state index contributed by atoms with van der Waals surface area (Å²) in [5.74, 6) is -1.01. The number of anilines is 1. The average molecular weight is 412 g/mol. The lowest BCUT2D eigenvalue weighted by Crippen LogP contribution is -2.22. The third-order valence-electron chi connectivity index (χ3n) is 3.71. The van der Waals surface area contributed by atoms with Crippen molar-refractivity contribution < 1.29 is 22.8 Å². The molecule has 0 unspecified atom stereocenters. The molecule has 2 amide bonds. The number of halogens is 4. The zero-order valence-corrected chi connectivity index (χ0v) is 15.8. The molecule has 0 spiro atoms. The number of hydrazone groups is 1. The number of amides is 2. The molecule has 28 heavy (non-hydrogen) atoms. The minimum atomic E-state index is -4.63. The maximum atomic E-state index is 12.9. The SMILES string of the molecule is C/C(CC(=O)Nc1ccc(Cl)c(C(F)(F)F)c1)=N\NC(=O)c1ccccc1C. The number of aryl methyl sites for hydroxylation is 1. The van der Waals surface area contributed by atoms with Crippen LogP contribution in [0.15, 0.2) is 47.6 Å². The average Bonchev–Trinajstić information content (AvgIpc) is 2.60. The van der Waals surface area contributed by atoms with Crippen LogP contribution in [0.4, 0.5) is 18.9 Å². The van der Waals surface area contributed by atoms with E-state index in [-0.39, 0.29) is 17.8 Å². The molecule has 148 valence electrons. The summed E-state index contributed by atoms with van der Waals surface area (Å²) in [4.78, 5) is 24.1. The van der Waals surface area contributed by atoms with E-state index in [2.05, 4.69) is 15.8 Å². The first-order valence-electron chi connectivity index (χ1n) is 8.13. The van der Waals surface area contributed by atoms with Gasteiger partial charge in [0, 0.05) is 17.0 Å². The van der Waals surface area contributed by atoms with Gasteiger partial charge in [0.1, 0.15) is 0 Å². The van der Waals surface area contributed by atoms with Crippen LogP contribution in [0.2, 0.25) is 5.02 Å². The van der Waals surface area contributed by atoms with E-state index in [1.54, 1.807) is 31.2 Å². The van der Waals surface area contributed by atoms with Gasteiger partial charge in [-0.2, -0.15) is 18.3 Å². The smallest absolute Gasteiger partial charge is 0.326 e. The lowest BCUT2D eigenvalue weighted by Gasteiger charge is -2.12. The number of alkyl halides is 3. The molecule has 2 aromatic rings. The van der Waals surface area contributed by atoms with Gasteiger partial charge in [-0.15, -0.1) is 0 Å². The molecule has 2 aromatic carbocycles. The molecule has 0 saturated carbocycles. The topological polar surface area (TPSA) is 70.6 Å². The van der Waals surface area contributed by atoms with Gasteiger partial charge in [0.2, 0.25) is 5.91 Å². The standard InChI is InChI=1S/C19H17ClF3N3O2/c1-11-5-3-4-6-14(11)18(28)26-25-12(2)9-17(27)24-13-7-8-16(20)15(10-13)19(21,22)23/h3-8,10H,9H2,1-2H3,(H,24,27)(H,26,28)/b25-12+. The molecule has 0 aliphatic heterocycles. The van der Waals surface area contributed by atoms with Crippen LogP contribution >= 0.6 is 11.6 Å². The van der Waals surface area contributed by atoms with Crippen molar-refractivity contribution >= 4 is 34.8 Å². The van der Waals surface area contributed by atoms with E-state index in [1.807, 2.05) is 0 Å². The first-order chi connectivity index (χ1) is 13.1. The first kappa shape index (κ1) is 21.4. The summed E-state index contributed by atoms with van der Waals surface area (Å²) < 4.78 is 38.6. The normalized spacial score (nSPS) is 11.9. The Labute approximate surface area is 164 Å². The quantitative estimate of drug-likeness (QED) is 0.548. The number of hydrogen-bond donors (Lipinski definition) is 2. The van der Waals surface area contributed by atoms with Crippen molar-refractivity contribution in [1.82, 2.24) is 5.43 Å². The van der Waals surface area contributed by atoms with Gasteiger partial charge in [-0.05, 0) is 43.7 Å². The van der Waals surface area contributed by atoms with Crippen molar-refractivity contribution in [3.8, 4) is 0 Å². The minimum absolute atomic E-state index is 0.0431. The van der Waals surface area contributed by atoms with Crippen LogP contribution < -0.4 is 10.7 Å². The van der Waals surface area contributed by atoms with Crippen molar-refractivity contribution in [3.05, 3.63) is 64.2 Å². The second-order valence-electron chi connectivity index (χ2n) is 6.02. The molecule has 2 N–H and O–H groups in total. The number of nitrogens with zero attached hydrogens (tertiary/aromatic N) is 1. The van der Waals surface area contributed by atoms with Crippen LogP contribution in [0.25, 0.3) is 0 Å². The van der Waals surface area contributed by atoms with E-state index in [0.29, 0.717) is 5.56 Å². The molecule has 0 radical (unpaired) electrons. The van der Waals surface area contributed by atoms with Crippen LogP contribution in [0.1, 0.15) is 34.8 Å². The highest BCUT2D eigenvalue weighted by Gasteiger charge is 2.33. The lowest BCUT2D eigenvalue weighted by molar-refractivity contribution is -0.137. The van der Waals surface area contributed by atoms with E-state index in [9.17, 15) is 22.8 Å². The highest BCUT2D eigenvalue weighted by atomic mass is 35.5. The van der Waals surface area contributed by atoms with E-state index < -0.39 is 28.6 Å². The van der Waals surface area contributed by atoms with E-state index >= 15 is 0 Å². The van der Waals surface area contributed by atoms with E-state index in [4.69, 9.17) is 11.6 Å². The Kier molecular flexibility index (Phi) is 6.80. The number of rotatable bonds is 5. The van der Waals surface area contributed by atoms with Gasteiger partial charge < -0.3 is 5.32 Å².